The number of likely N-dealkylation sites (tertiary alicyclic amines) is 1. The van der Waals surface area contributed by atoms with Crippen LogP contribution >= 0.6 is 0 Å². The van der Waals surface area contributed by atoms with Gasteiger partial charge in [0.25, 0.3) is 0 Å². The van der Waals surface area contributed by atoms with Gasteiger partial charge in [0.2, 0.25) is 0 Å². The molecule has 1 spiro atoms. The number of aliphatic hydroxyl groups excluding tert-OH is 3. The zero-order chi connectivity index (χ0) is 14.9. The van der Waals surface area contributed by atoms with Crippen molar-refractivity contribution in [3.63, 3.8) is 0 Å². The van der Waals surface area contributed by atoms with Gasteiger partial charge in [-0.25, -0.2) is 0 Å². The minimum atomic E-state index is -0.675. The van der Waals surface area contributed by atoms with Crippen LogP contribution in [0.1, 0.15) is 57.8 Å². The van der Waals surface area contributed by atoms with E-state index >= 15 is 0 Å². The van der Waals surface area contributed by atoms with Crippen LogP contribution in [0, 0.1) is 11.3 Å². The van der Waals surface area contributed by atoms with E-state index in [0.29, 0.717) is 24.3 Å². The van der Waals surface area contributed by atoms with Crippen LogP contribution in [0.25, 0.3) is 0 Å². The third-order valence-corrected chi connectivity index (χ3v) is 6.43. The zero-order valence-electron chi connectivity index (χ0n) is 13.1. The first kappa shape index (κ1) is 15.7. The van der Waals surface area contributed by atoms with Crippen LogP contribution < -0.4 is 0 Å². The van der Waals surface area contributed by atoms with E-state index in [1.54, 1.807) is 0 Å². The van der Waals surface area contributed by atoms with Crippen LogP contribution in [0.2, 0.25) is 0 Å². The second-order valence-corrected chi connectivity index (χ2v) is 7.81. The predicted molar refractivity (Wildman–Crippen MR) is 81.9 cm³/mol. The fraction of sp³-hybridized carbons (Fsp3) is 1.00. The lowest BCUT2D eigenvalue weighted by molar-refractivity contribution is -0.0768. The first-order valence-corrected chi connectivity index (χ1v) is 8.83. The summed E-state index contributed by atoms with van der Waals surface area (Å²) in [4.78, 5) is 2.22. The quantitative estimate of drug-likeness (QED) is 0.739. The van der Waals surface area contributed by atoms with Crippen molar-refractivity contribution in [3.8, 4) is 0 Å². The van der Waals surface area contributed by atoms with Crippen LogP contribution in [0.15, 0.2) is 0 Å². The molecular formula is C17H31NO3. The van der Waals surface area contributed by atoms with Gasteiger partial charge >= 0.3 is 0 Å². The van der Waals surface area contributed by atoms with Crippen LogP contribution in [0.4, 0.5) is 0 Å². The van der Waals surface area contributed by atoms with E-state index in [4.69, 9.17) is 0 Å². The Kier molecular flexibility index (Phi) is 4.89. The van der Waals surface area contributed by atoms with Crippen LogP contribution in [-0.4, -0.2) is 58.2 Å². The molecule has 1 saturated heterocycles. The molecule has 3 rings (SSSR count). The van der Waals surface area contributed by atoms with Gasteiger partial charge in [0.1, 0.15) is 0 Å². The summed E-state index contributed by atoms with van der Waals surface area (Å²) in [5.41, 5.74) is 0.671. The fourth-order valence-electron chi connectivity index (χ4n) is 4.94. The van der Waals surface area contributed by atoms with Crippen molar-refractivity contribution in [1.82, 2.24) is 4.90 Å². The van der Waals surface area contributed by atoms with Crippen molar-refractivity contribution in [2.24, 2.45) is 11.3 Å². The van der Waals surface area contributed by atoms with E-state index in [1.807, 2.05) is 0 Å². The smallest absolute Gasteiger partial charge is 0.0926 e. The maximum absolute atomic E-state index is 9.89. The SMILES string of the molecule is OC[C@H]1CC(O)[C@@H](O)CN1CC1CCC2(CCCC2)CC1. The van der Waals surface area contributed by atoms with E-state index in [-0.39, 0.29) is 12.6 Å². The fourth-order valence-corrected chi connectivity index (χ4v) is 4.94. The molecule has 4 nitrogen and oxygen atoms in total. The third kappa shape index (κ3) is 3.44. The van der Waals surface area contributed by atoms with Crippen LogP contribution in [0.5, 0.6) is 0 Å². The highest BCUT2D eigenvalue weighted by molar-refractivity contribution is 4.92. The van der Waals surface area contributed by atoms with Gasteiger partial charge in [-0.2, -0.15) is 0 Å². The maximum Gasteiger partial charge on any atom is 0.0926 e. The van der Waals surface area contributed by atoms with Crippen molar-refractivity contribution in [2.45, 2.75) is 76.0 Å². The summed E-state index contributed by atoms with van der Waals surface area (Å²) in [5, 5.41) is 29.2. The van der Waals surface area contributed by atoms with Crippen molar-refractivity contribution in [3.05, 3.63) is 0 Å². The van der Waals surface area contributed by atoms with E-state index in [1.165, 1.54) is 51.4 Å². The molecule has 3 aliphatic rings. The lowest BCUT2D eigenvalue weighted by Gasteiger charge is -2.44. The summed E-state index contributed by atoms with van der Waals surface area (Å²) in [6, 6.07) is 0.0192. The van der Waals surface area contributed by atoms with Crippen LogP contribution in [-0.2, 0) is 0 Å². The monoisotopic (exact) mass is 297 g/mol. The summed E-state index contributed by atoms with van der Waals surface area (Å²) < 4.78 is 0. The van der Waals surface area contributed by atoms with E-state index in [0.717, 1.165) is 6.54 Å². The maximum atomic E-state index is 9.89. The van der Waals surface area contributed by atoms with Crippen molar-refractivity contribution in [1.29, 1.82) is 0 Å². The molecule has 0 aromatic rings. The van der Waals surface area contributed by atoms with Gasteiger partial charge in [-0.1, -0.05) is 12.8 Å². The molecule has 3 fully saturated rings. The van der Waals surface area contributed by atoms with E-state index < -0.39 is 12.2 Å². The Morgan fingerprint density at radius 3 is 2.24 bits per heavy atom. The molecule has 0 radical (unpaired) electrons. The number of aliphatic hydroxyl groups is 3. The molecule has 3 N–H and O–H groups in total. The predicted octanol–water partition coefficient (Wildman–Crippen LogP) is 1.53. The molecule has 4 heteroatoms. The van der Waals surface area contributed by atoms with Crippen molar-refractivity contribution >= 4 is 0 Å². The summed E-state index contributed by atoms with van der Waals surface area (Å²) >= 11 is 0. The number of hydrogen-bond donors (Lipinski definition) is 3. The highest BCUT2D eigenvalue weighted by Crippen LogP contribution is 2.50. The second kappa shape index (κ2) is 6.53. The van der Waals surface area contributed by atoms with Crippen molar-refractivity contribution in [2.75, 3.05) is 19.7 Å². The lowest BCUT2D eigenvalue weighted by Crippen LogP contribution is -2.55. The Bertz CT molecular complexity index is 333. The van der Waals surface area contributed by atoms with E-state index in [2.05, 4.69) is 4.90 Å². The van der Waals surface area contributed by atoms with E-state index in [9.17, 15) is 15.3 Å². The minimum absolute atomic E-state index is 0.0192. The summed E-state index contributed by atoms with van der Waals surface area (Å²) in [6.07, 6.45) is 10.2. The third-order valence-electron chi connectivity index (χ3n) is 6.43. The molecule has 2 aliphatic carbocycles. The first-order valence-electron chi connectivity index (χ1n) is 8.83. The molecule has 0 amide bonds. The molecule has 1 heterocycles. The summed E-state index contributed by atoms with van der Waals surface area (Å²) in [7, 11) is 0. The van der Waals surface area contributed by atoms with Gasteiger partial charge in [0.05, 0.1) is 18.8 Å². The average Bonchev–Trinajstić information content (AvgIpc) is 2.94. The topological polar surface area (TPSA) is 63.9 Å². The Morgan fingerprint density at radius 1 is 0.952 bits per heavy atom. The van der Waals surface area contributed by atoms with Gasteiger partial charge < -0.3 is 15.3 Å². The Balaban J connectivity index is 1.52. The average molecular weight is 297 g/mol. The molecule has 0 aromatic heterocycles. The molecule has 3 atom stereocenters. The Labute approximate surface area is 128 Å². The standard InChI is InChI=1S/C17H31NO3/c19-12-14-9-15(20)16(21)11-18(14)10-13-3-7-17(8-4-13)5-1-2-6-17/h13-16,19-21H,1-12H2/t14-,15?,16+/m1/s1. The molecule has 0 aromatic carbocycles. The normalized spacial score (nSPS) is 38.1. The number of hydrogen-bond acceptors (Lipinski definition) is 4. The summed E-state index contributed by atoms with van der Waals surface area (Å²) in [5.74, 6) is 0.702. The second-order valence-electron chi connectivity index (χ2n) is 7.81. The lowest BCUT2D eigenvalue weighted by atomic mass is 9.69. The van der Waals surface area contributed by atoms with Gasteiger partial charge in [-0.15, -0.1) is 0 Å². The number of piperidine rings is 1. The van der Waals surface area contributed by atoms with Gasteiger partial charge in [0.15, 0.2) is 0 Å². The van der Waals surface area contributed by atoms with Crippen molar-refractivity contribution < 1.29 is 15.3 Å². The Hall–Kier alpha value is -0.160. The molecular weight excluding hydrogens is 266 g/mol. The highest BCUT2D eigenvalue weighted by atomic mass is 16.3. The number of β-amino-alcohol motifs (C(OH)–C–C–N with tert-alkyl or cyclic N) is 1. The molecule has 0 bridgehead atoms. The van der Waals surface area contributed by atoms with Crippen LogP contribution in [0.3, 0.4) is 0 Å². The molecule has 122 valence electrons. The first-order chi connectivity index (χ1) is 10.1. The number of nitrogens with zero attached hydrogens (tertiary/aromatic N) is 1. The molecule has 1 aliphatic heterocycles. The highest BCUT2D eigenvalue weighted by Gasteiger charge is 2.39. The minimum Gasteiger partial charge on any atom is -0.395 e. The Morgan fingerprint density at radius 2 is 1.62 bits per heavy atom. The molecule has 2 saturated carbocycles. The van der Waals surface area contributed by atoms with Gasteiger partial charge in [-0.3, -0.25) is 4.90 Å². The molecule has 21 heavy (non-hydrogen) atoms. The van der Waals surface area contributed by atoms with Gasteiger partial charge in [0, 0.05) is 19.1 Å². The zero-order valence-corrected chi connectivity index (χ0v) is 13.1. The van der Waals surface area contributed by atoms with Gasteiger partial charge in [-0.05, 0) is 56.3 Å². The molecule has 1 unspecified atom stereocenters. The summed E-state index contributed by atoms with van der Waals surface area (Å²) in [6.45, 7) is 1.57. The largest absolute Gasteiger partial charge is 0.395 e. The number of rotatable bonds is 3.